The second kappa shape index (κ2) is 7.17. The van der Waals surface area contributed by atoms with Gasteiger partial charge in [0.2, 0.25) is 0 Å². The summed E-state index contributed by atoms with van der Waals surface area (Å²) >= 11 is 0. The Labute approximate surface area is 92.6 Å². The van der Waals surface area contributed by atoms with Crippen molar-refractivity contribution in [2.75, 3.05) is 39.9 Å². The Morgan fingerprint density at radius 1 is 1.60 bits per heavy atom. The third kappa shape index (κ3) is 4.47. The summed E-state index contributed by atoms with van der Waals surface area (Å²) in [6, 6.07) is 0.579. The molecule has 4 nitrogen and oxygen atoms in total. The summed E-state index contributed by atoms with van der Waals surface area (Å²) in [4.78, 5) is 2.34. The van der Waals surface area contributed by atoms with Gasteiger partial charge in [-0.25, -0.2) is 0 Å². The van der Waals surface area contributed by atoms with E-state index in [0.29, 0.717) is 12.6 Å². The number of hydrogen-bond donors (Lipinski definition) is 2. The summed E-state index contributed by atoms with van der Waals surface area (Å²) in [7, 11) is 1.63. The SMILES string of the molecule is CCN(CC(O)COC)C1CCCNC1. The molecule has 0 aromatic heterocycles. The molecule has 1 fully saturated rings. The van der Waals surface area contributed by atoms with Crippen LogP contribution in [0.3, 0.4) is 0 Å². The molecule has 0 radical (unpaired) electrons. The fraction of sp³-hybridized carbons (Fsp3) is 1.00. The van der Waals surface area contributed by atoms with Crippen molar-refractivity contribution in [1.82, 2.24) is 10.2 Å². The minimum absolute atomic E-state index is 0.364. The van der Waals surface area contributed by atoms with Crippen molar-refractivity contribution in [1.29, 1.82) is 0 Å². The first-order valence-corrected chi connectivity index (χ1v) is 5.89. The highest BCUT2D eigenvalue weighted by Gasteiger charge is 2.21. The van der Waals surface area contributed by atoms with Crippen molar-refractivity contribution in [3.63, 3.8) is 0 Å². The van der Waals surface area contributed by atoms with Gasteiger partial charge in [0, 0.05) is 26.2 Å². The minimum Gasteiger partial charge on any atom is -0.389 e. The van der Waals surface area contributed by atoms with E-state index in [4.69, 9.17) is 4.74 Å². The number of aliphatic hydroxyl groups excluding tert-OH is 1. The lowest BCUT2D eigenvalue weighted by molar-refractivity contribution is 0.0248. The Balaban J connectivity index is 2.32. The van der Waals surface area contributed by atoms with Crippen LogP contribution in [0.4, 0.5) is 0 Å². The van der Waals surface area contributed by atoms with Crippen molar-refractivity contribution in [2.45, 2.75) is 31.9 Å². The van der Waals surface area contributed by atoms with E-state index in [0.717, 1.165) is 26.2 Å². The van der Waals surface area contributed by atoms with Gasteiger partial charge >= 0.3 is 0 Å². The Morgan fingerprint density at radius 3 is 2.93 bits per heavy atom. The number of methoxy groups -OCH3 is 1. The lowest BCUT2D eigenvalue weighted by atomic mass is 10.1. The van der Waals surface area contributed by atoms with Crippen LogP contribution in [0.1, 0.15) is 19.8 Å². The van der Waals surface area contributed by atoms with Crippen LogP contribution in [0.15, 0.2) is 0 Å². The molecule has 15 heavy (non-hydrogen) atoms. The van der Waals surface area contributed by atoms with E-state index in [-0.39, 0.29) is 6.10 Å². The molecule has 0 saturated carbocycles. The highest BCUT2D eigenvalue weighted by Crippen LogP contribution is 2.10. The summed E-state index contributed by atoms with van der Waals surface area (Å²) < 4.78 is 4.94. The molecule has 1 saturated heterocycles. The predicted molar refractivity (Wildman–Crippen MR) is 61.0 cm³/mol. The number of piperidine rings is 1. The zero-order valence-corrected chi connectivity index (χ0v) is 9.91. The van der Waals surface area contributed by atoms with Crippen molar-refractivity contribution >= 4 is 0 Å². The van der Waals surface area contributed by atoms with E-state index in [1.165, 1.54) is 12.8 Å². The molecule has 0 spiro atoms. The summed E-state index contributed by atoms with van der Waals surface area (Å²) in [6.45, 7) is 6.47. The Hall–Kier alpha value is -0.160. The van der Waals surface area contributed by atoms with E-state index in [1.807, 2.05) is 0 Å². The van der Waals surface area contributed by atoms with Gasteiger partial charge in [0.1, 0.15) is 0 Å². The summed E-state index contributed by atoms with van der Waals surface area (Å²) in [6.07, 6.45) is 2.11. The monoisotopic (exact) mass is 216 g/mol. The van der Waals surface area contributed by atoms with Gasteiger partial charge in [-0.3, -0.25) is 4.90 Å². The molecule has 1 rings (SSSR count). The van der Waals surface area contributed by atoms with Crippen LogP contribution < -0.4 is 5.32 Å². The molecule has 90 valence electrons. The van der Waals surface area contributed by atoms with Crippen molar-refractivity contribution < 1.29 is 9.84 Å². The number of aliphatic hydroxyl groups is 1. The largest absolute Gasteiger partial charge is 0.389 e. The fourth-order valence-electron chi connectivity index (χ4n) is 2.20. The van der Waals surface area contributed by atoms with Crippen LogP contribution in [0.5, 0.6) is 0 Å². The lowest BCUT2D eigenvalue weighted by Crippen LogP contribution is -2.48. The van der Waals surface area contributed by atoms with Crippen molar-refractivity contribution in [3.05, 3.63) is 0 Å². The summed E-state index contributed by atoms with van der Waals surface area (Å²) in [5, 5.41) is 13.1. The van der Waals surface area contributed by atoms with Gasteiger partial charge in [-0.15, -0.1) is 0 Å². The van der Waals surface area contributed by atoms with Crippen LogP contribution >= 0.6 is 0 Å². The van der Waals surface area contributed by atoms with Crippen LogP contribution in [-0.2, 0) is 4.74 Å². The molecule has 2 N–H and O–H groups in total. The standard InChI is InChI=1S/C11H24N2O2/c1-3-13(8-11(14)9-15-2)10-5-4-6-12-7-10/h10-12,14H,3-9H2,1-2H3. The van der Waals surface area contributed by atoms with Crippen LogP contribution in [0.25, 0.3) is 0 Å². The second-order valence-corrected chi connectivity index (χ2v) is 4.20. The van der Waals surface area contributed by atoms with Crippen molar-refractivity contribution in [2.24, 2.45) is 0 Å². The number of hydrogen-bond acceptors (Lipinski definition) is 4. The molecular weight excluding hydrogens is 192 g/mol. The molecule has 0 aliphatic carbocycles. The van der Waals surface area contributed by atoms with E-state index in [2.05, 4.69) is 17.1 Å². The lowest BCUT2D eigenvalue weighted by Gasteiger charge is -2.35. The molecular formula is C11H24N2O2. The molecule has 0 amide bonds. The maximum Gasteiger partial charge on any atom is 0.0900 e. The minimum atomic E-state index is -0.364. The van der Waals surface area contributed by atoms with Gasteiger partial charge in [-0.2, -0.15) is 0 Å². The number of nitrogens with zero attached hydrogens (tertiary/aromatic N) is 1. The average Bonchev–Trinajstić information content (AvgIpc) is 2.27. The topological polar surface area (TPSA) is 44.7 Å². The predicted octanol–water partition coefficient (Wildman–Crippen LogP) is 0.0676. The molecule has 4 heteroatoms. The Kier molecular flexibility index (Phi) is 6.17. The molecule has 0 aromatic carbocycles. The molecule has 2 atom stereocenters. The molecule has 1 aliphatic heterocycles. The van der Waals surface area contributed by atoms with Gasteiger partial charge < -0.3 is 15.2 Å². The Morgan fingerprint density at radius 2 is 2.40 bits per heavy atom. The maximum atomic E-state index is 9.69. The third-order valence-electron chi connectivity index (χ3n) is 3.00. The van der Waals surface area contributed by atoms with Crippen LogP contribution in [-0.4, -0.2) is 62.0 Å². The van der Waals surface area contributed by atoms with E-state index in [9.17, 15) is 5.11 Å². The first-order valence-electron chi connectivity index (χ1n) is 5.89. The summed E-state index contributed by atoms with van der Waals surface area (Å²) in [5.74, 6) is 0. The number of nitrogens with one attached hydrogen (secondary N) is 1. The molecule has 0 aromatic rings. The average molecular weight is 216 g/mol. The fourth-order valence-corrected chi connectivity index (χ4v) is 2.20. The van der Waals surface area contributed by atoms with E-state index < -0.39 is 0 Å². The first kappa shape index (κ1) is 12.9. The normalized spacial score (nSPS) is 24.4. The Bertz CT molecular complexity index is 161. The van der Waals surface area contributed by atoms with Gasteiger partial charge in [0.15, 0.2) is 0 Å². The van der Waals surface area contributed by atoms with Gasteiger partial charge in [-0.05, 0) is 25.9 Å². The number of rotatable bonds is 6. The van der Waals surface area contributed by atoms with Gasteiger partial charge in [0.25, 0.3) is 0 Å². The van der Waals surface area contributed by atoms with E-state index in [1.54, 1.807) is 7.11 Å². The number of ether oxygens (including phenoxy) is 1. The van der Waals surface area contributed by atoms with Gasteiger partial charge in [0.05, 0.1) is 12.7 Å². The zero-order chi connectivity index (χ0) is 11.1. The number of likely N-dealkylation sites (N-methyl/N-ethyl adjacent to an activating group) is 1. The van der Waals surface area contributed by atoms with Crippen molar-refractivity contribution in [3.8, 4) is 0 Å². The smallest absolute Gasteiger partial charge is 0.0900 e. The van der Waals surface area contributed by atoms with Crippen LogP contribution in [0, 0.1) is 0 Å². The first-order chi connectivity index (χ1) is 7.27. The highest BCUT2D eigenvalue weighted by atomic mass is 16.5. The molecule has 2 unspecified atom stereocenters. The van der Waals surface area contributed by atoms with Gasteiger partial charge in [-0.1, -0.05) is 6.92 Å². The zero-order valence-electron chi connectivity index (χ0n) is 9.91. The summed E-state index contributed by atoms with van der Waals surface area (Å²) in [5.41, 5.74) is 0. The molecule has 1 aliphatic rings. The maximum absolute atomic E-state index is 9.69. The van der Waals surface area contributed by atoms with Crippen LogP contribution in [0.2, 0.25) is 0 Å². The molecule has 0 bridgehead atoms. The quantitative estimate of drug-likeness (QED) is 0.659. The van der Waals surface area contributed by atoms with E-state index >= 15 is 0 Å². The molecule has 1 heterocycles. The second-order valence-electron chi connectivity index (χ2n) is 4.20. The third-order valence-corrected chi connectivity index (χ3v) is 3.00. The highest BCUT2D eigenvalue weighted by molar-refractivity contribution is 4.79.